The molecule has 5 heteroatoms. The Morgan fingerprint density at radius 2 is 2.00 bits per heavy atom. The van der Waals surface area contributed by atoms with Crippen LogP contribution in [0.2, 0.25) is 0 Å². The minimum atomic E-state index is -1.39. The summed E-state index contributed by atoms with van der Waals surface area (Å²) in [6.45, 7) is 2.49. The Morgan fingerprint density at radius 1 is 1.20 bits per heavy atom. The van der Waals surface area contributed by atoms with Crippen LogP contribution in [-0.2, 0) is 11.3 Å². The molecule has 0 radical (unpaired) electrons. The van der Waals surface area contributed by atoms with Gasteiger partial charge in [-0.15, -0.1) is 0 Å². The molecule has 20 heavy (non-hydrogen) atoms. The largest absolute Gasteiger partial charge is 0.488 e. The summed E-state index contributed by atoms with van der Waals surface area (Å²) in [7, 11) is -1.39. The van der Waals surface area contributed by atoms with Gasteiger partial charge in [0.05, 0.1) is 12.7 Å². The van der Waals surface area contributed by atoms with Crippen LogP contribution in [0, 0.1) is 0 Å². The van der Waals surface area contributed by atoms with Crippen LogP contribution in [-0.4, -0.2) is 47.4 Å². The third kappa shape index (κ3) is 2.91. The molecule has 3 rings (SSSR count). The minimum absolute atomic E-state index is 0.365. The van der Waals surface area contributed by atoms with Gasteiger partial charge in [0.1, 0.15) is 0 Å². The van der Waals surface area contributed by atoms with Crippen LogP contribution in [0.1, 0.15) is 31.2 Å². The molecule has 1 saturated heterocycles. The summed E-state index contributed by atoms with van der Waals surface area (Å²) in [6, 6.07) is 8.07. The first-order valence-corrected chi connectivity index (χ1v) is 7.55. The lowest BCUT2D eigenvalue weighted by Gasteiger charge is -2.44. The van der Waals surface area contributed by atoms with Crippen LogP contribution in [0.25, 0.3) is 0 Å². The lowest BCUT2D eigenvalue weighted by atomic mass is 9.76. The number of hydrogen-bond donors (Lipinski definition) is 2. The lowest BCUT2D eigenvalue weighted by molar-refractivity contribution is -0.0910. The molecule has 2 aliphatic rings. The van der Waals surface area contributed by atoms with Crippen LogP contribution in [0.5, 0.6) is 0 Å². The average Bonchev–Trinajstić information content (AvgIpc) is 2.48. The van der Waals surface area contributed by atoms with Crippen LogP contribution in [0.3, 0.4) is 0 Å². The first-order valence-electron chi connectivity index (χ1n) is 7.55. The van der Waals surface area contributed by atoms with E-state index in [-0.39, 0.29) is 0 Å². The zero-order valence-corrected chi connectivity index (χ0v) is 11.7. The normalized spacial score (nSPS) is 27.1. The Hall–Kier alpha value is -0.875. The van der Waals surface area contributed by atoms with E-state index in [1.54, 1.807) is 6.07 Å². The van der Waals surface area contributed by atoms with Gasteiger partial charge in [0, 0.05) is 19.1 Å². The van der Waals surface area contributed by atoms with Gasteiger partial charge in [-0.2, -0.15) is 0 Å². The van der Waals surface area contributed by atoms with Gasteiger partial charge in [-0.05, 0) is 23.9 Å². The molecule has 2 N–H and O–H groups in total. The van der Waals surface area contributed by atoms with Crippen molar-refractivity contribution in [2.45, 2.75) is 44.4 Å². The zero-order chi connectivity index (χ0) is 13.9. The topological polar surface area (TPSA) is 52.9 Å². The molecule has 1 aromatic rings. The van der Waals surface area contributed by atoms with Gasteiger partial charge >= 0.3 is 7.12 Å². The number of fused-ring (bicyclic) bond motifs is 1. The molecule has 4 nitrogen and oxygen atoms in total. The van der Waals surface area contributed by atoms with Crippen molar-refractivity contribution in [1.82, 2.24) is 4.90 Å². The first kappa shape index (κ1) is 14.1. The fourth-order valence-corrected chi connectivity index (χ4v) is 3.52. The molecule has 2 unspecified atom stereocenters. The van der Waals surface area contributed by atoms with Gasteiger partial charge in [0.25, 0.3) is 0 Å². The van der Waals surface area contributed by atoms with E-state index in [1.165, 1.54) is 19.3 Å². The van der Waals surface area contributed by atoms with Crippen LogP contribution in [0.15, 0.2) is 24.3 Å². The summed E-state index contributed by atoms with van der Waals surface area (Å²) >= 11 is 0. The second-order valence-electron chi connectivity index (χ2n) is 5.80. The molecule has 0 aromatic heterocycles. The van der Waals surface area contributed by atoms with Gasteiger partial charge < -0.3 is 14.8 Å². The number of ether oxygens (including phenoxy) is 1. The Bertz CT molecular complexity index is 452. The molecule has 1 aromatic carbocycles. The molecule has 0 bridgehead atoms. The van der Waals surface area contributed by atoms with E-state index < -0.39 is 7.12 Å². The molecule has 0 amide bonds. The molecule has 1 aliphatic carbocycles. The molecule has 1 aliphatic heterocycles. The van der Waals surface area contributed by atoms with Gasteiger partial charge in [-0.1, -0.05) is 37.1 Å². The molecule has 2 atom stereocenters. The van der Waals surface area contributed by atoms with E-state index in [1.807, 2.05) is 18.2 Å². The van der Waals surface area contributed by atoms with E-state index in [4.69, 9.17) is 4.74 Å². The highest BCUT2D eigenvalue weighted by atomic mass is 16.5. The fourth-order valence-electron chi connectivity index (χ4n) is 3.52. The van der Waals surface area contributed by atoms with Crippen molar-refractivity contribution in [3.8, 4) is 0 Å². The second kappa shape index (κ2) is 6.27. The third-order valence-corrected chi connectivity index (χ3v) is 4.55. The van der Waals surface area contributed by atoms with Crippen molar-refractivity contribution < 1.29 is 14.8 Å². The highest BCUT2D eigenvalue weighted by Gasteiger charge is 2.34. The van der Waals surface area contributed by atoms with E-state index >= 15 is 0 Å². The lowest BCUT2D eigenvalue weighted by Crippen LogP contribution is -2.52. The highest BCUT2D eigenvalue weighted by molar-refractivity contribution is 6.59. The van der Waals surface area contributed by atoms with Crippen molar-refractivity contribution in [1.29, 1.82) is 0 Å². The number of morpholine rings is 1. The molecule has 1 heterocycles. The molecule has 108 valence electrons. The molecule has 1 saturated carbocycles. The Morgan fingerprint density at radius 3 is 2.85 bits per heavy atom. The van der Waals surface area contributed by atoms with Crippen LogP contribution < -0.4 is 5.46 Å². The molecule has 2 fully saturated rings. The number of nitrogens with zero attached hydrogens (tertiary/aromatic N) is 1. The van der Waals surface area contributed by atoms with Gasteiger partial charge in [-0.3, -0.25) is 4.90 Å². The average molecular weight is 275 g/mol. The Labute approximate surface area is 120 Å². The van der Waals surface area contributed by atoms with Gasteiger partial charge in [0.2, 0.25) is 0 Å². The fraction of sp³-hybridized carbons (Fsp3) is 0.600. The summed E-state index contributed by atoms with van der Waals surface area (Å²) in [5.74, 6) is 0. The van der Waals surface area contributed by atoms with Gasteiger partial charge in [0.15, 0.2) is 0 Å². The number of benzene rings is 1. The van der Waals surface area contributed by atoms with Crippen molar-refractivity contribution in [2.75, 3.05) is 13.2 Å². The Kier molecular flexibility index (Phi) is 4.41. The summed E-state index contributed by atoms with van der Waals surface area (Å²) in [6.07, 6.45) is 5.25. The maximum absolute atomic E-state index is 9.48. The SMILES string of the molecule is OB(O)c1ccccc1CN1CCOC2CCCCC21. The summed E-state index contributed by atoms with van der Waals surface area (Å²) in [5.41, 5.74) is 1.63. The maximum Gasteiger partial charge on any atom is 0.488 e. The van der Waals surface area contributed by atoms with Crippen molar-refractivity contribution in [3.63, 3.8) is 0 Å². The number of hydrogen-bond acceptors (Lipinski definition) is 4. The Balaban J connectivity index is 1.76. The summed E-state index contributed by atoms with van der Waals surface area (Å²) < 4.78 is 5.89. The second-order valence-corrected chi connectivity index (χ2v) is 5.80. The molecular formula is C15H22BNO3. The van der Waals surface area contributed by atoms with E-state index in [9.17, 15) is 10.0 Å². The first-order chi connectivity index (χ1) is 9.75. The van der Waals surface area contributed by atoms with E-state index in [2.05, 4.69) is 4.90 Å². The molecule has 0 spiro atoms. The monoisotopic (exact) mass is 275 g/mol. The van der Waals surface area contributed by atoms with E-state index in [0.29, 0.717) is 17.6 Å². The maximum atomic E-state index is 9.48. The van der Waals surface area contributed by atoms with Crippen molar-refractivity contribution >= 4 is 12.6 Å². The predicted octanol–water partition coefficient (Wildman–Crippen LogP) is 0.510. The number of rotatable bonds is 3. The highest BCUT2D eigenvalue weighted by Crippen LogP contribution is 2.29. The minimum Gasteiger partial charge on any atom is -0.423 e. The smallest absolute Gasteiger partial charge is 0.423 e. The van der Waals surface area contributed by atoms with Gasteiger partial charge in [-0.25, -0.2) is 0 Å². The third-order valence-electron chi connectivity index (χ3n) is 4.55. The van der Waals surface area contributed by atoms with Crippen LogP contribution in [0.4, 0.5) is 0 Å². The van der Waals surface area contributed by atoms with Crippen LogP contribution >= 0.6 is 0 Å². The standard InChI is InChI=1S/C15H22BNO3/c18-16(19)13-6-2-1-5-12(13)11-17-9-10-20-15-8-4-3-7-14(15)17/h1-2,5-6,14-15,18-19H,3-4,7-11H2. The predicted molar refractivity (Wildman–Crippen MR) is 78.7 cm³/mol. The summed E-state index contributed by atoms with van der Waals surface area (Å²) in [4.78, 5) is 2.45. The van der Waals surface area contributed by atoms with E-state index in [0.717, 1.165) is 31.7 Å². The summed E-state index contributed by atoms with van der Waals surface area (Å²) in [5, 5.41) is 19.0. The van der Waals surface area contributed by atoms with Crippen molar-refractivity contribution in [3.05, 3.63) is 29.8 Å². The zero-order valence-electron chi connectivity index (χ0n) is 11.7. The quantitative estimate of drug-likeness (QED) is 0.789. The molecular weight excluding hydrogens is 253 g/mol. The van der Waals surface area contributed by atoms with Crippen molar-refractivity contribution in [2.24, 2.45) is 0 Å².